The predicted molar refractivity (Wildman–Crippen MR) is 109 cm³/mol. The summed E-state index contributed by atoms with van der Waals surface area (Å²) >= 11 is 5.83. The SMILES string of the molecule is O=C(Cn1nc(-c2ccc(Cl)cc2)ccc1=O)NNS(=O)(=O)c1ccc(C(F)(F)F)cc1. The second-order valence-electron chi connectivity index (χ2n) is 6.40. The van der Waals surface area contributed by atoms with E-state index in [1.54, 1.807) is 29.1 Å². The fourth-order valence-electron chi connectivity index (χ4n) is 2.52. The molecular formula is C19H14ClF3N4O4S. The molecule has 0 radical (unpaired) electrons. The van der Waals surface area contributed by atoms with Crippen molar-refractivity contribution >= 4 is 27.5 Å². The molecule has 0 aliphatic heterocycles. The van der Waals surface area contributed by atoms with Crippen molar-refractivity contribution in [1.82, 2.24) is 20.0 Å². The molecule has 0 saturated carbocycles. The molecule has 32 heavy (non-hydrogen) atoms. The van der Waals surface area contributed by atoms with Crippen molar-refractivity contribution < 1.29 is 26.4 Å². The minimum Gasteiger partial charge on any atom is -0.276 e. The van der Waals surface area contributed by atoms with Gasteiger partial charge in [0, 0.05) is 16.7 Å². The van der Waals surface area contributed by atoms with Crippen LogP contribution in [0.4, 0.5) is 13.2 Å². The maximum atomic E-state index is 12.6. The van der Waals surface area contributed by atoms with Gasteiger partial charge in [-0.05, 0) is 42.5 Å². The number of benzene rings is 2. The fourth-order valence-corrected chi connectivity index (χ4v) is 3.50. The summed E-state index contributed by atoms with van der Waals surface area (Å²) in [6, 6.07) is 11.9. The van der Waals surface area contributed by atoms with Gasteiger partial charge in [0.05, 0.1) is 16.2 Å². The first-order valence-corrected chi connectivity index (χ1v) is 10.6. The third-order valence-corrected chi connectivity index (χ3v) is 5.63. The van der Waals surface area contributed by atoms with Crippen LogP contribution in [0.15, 0.2) is 70.4 Å². The first kappa shape index (κ1) is 23.4. The number of hydrogen-bond acceptors (Lipinski definition) is 5. The van der Waals surface area contributed by atoms with Gasteiger partial charge in [0.15, 0.2) is 0 Å². The van der Waals surface area contributed by atoms with Gasteiger partial charge in [0.1, 0.15) is 6.54 Å². The molecule has 3 aromatic rings. The lowest BCUT2D eigenvalue weighted by molar-refractivity contribution is -0.137. The molecule has 8 nitrogen and oxygen atoms in total. The molecule has 3 rings (SSSR count). The summed E-state index contributed by atoms with van der Waals surface area (Å²) in [5.74, 6) is -0.927. The van der Waals surface area contributed by atoms with Crippen LogP contribution in [-0.4, -0.2) is 24.1 Å². The number of alkyl halides is 3. The molecule has 2 N–H and O–H groups in total. The Bertz CT molecular complexity index is 1290. The van der Waals surface area contributed by atoms with Crippen LogP contribution in [0.25, 0.3) is 11.3 Å². The minimum absolute atomic E-state index is 0.374. The standard InChI is InChI=1S/C19H14ClF3N4O4S/c20-14-5-1-12(2-6-14)16-9-10-18(29)27(25-16)11-17(28)24-26-32(30,31)15-7-3-13(4-8-15)19(21,22)23/h1-10,26H,11H2,(H,24,28). The van der Waals surface area contributed by atoms with Crippen LogP contribution < -0.4 is 15.8 Å². The van der Waals surface area contributed by atoms with Crippen LogP contribution in [-0.2, 0) is 27.5 Å². The molecule has 1 amide bonds. The van der Waals surface area contributed by atoms with Crippen molar-refractivity contribution in [1.29, 1.82) is 0 Å². The molecule has 0 aliphatic rings. The zero-order chi connectivity index (χ0) is 23.5. The molecule has 2 aromatic carbocycles. The summed E-state index contributed by atoms with van der Waals surface area (Å²) in [7, 11) is -4.34. The largest absolute Gasteiger partial charge is 0.416 e. The average molecular weight is 487 g/mol. The minimum atomic E-state index is -4.62. The van der Waals surface area contributed by atoms with Gasteiger partial charge in [0.2, 0.25) is 0 Å². The van der Waals surface area contributed by atoms with Gasteiger partial charge in [-0.3, -0.25) is 15.0 Å². The third kappa shape index (κ3) is 5.72. The quantitative estimate of drug-likeness (QED) is 0.520. The van der Waals surface area contributed by atoms with E-state index in [-0.39, 0.29) is 0 Å². The Kier molecular flexibility index (Phi) is 6.67. The maximum absolute atomic E-state index is 12.6. The van der Waals surface area contributed by atoms with Gasteiger partial charge >= 0.3 is 6.18 Å². The van der Waals surface area contributed by atoms with E-state index >= 15 is 0 Å². The number of rotatable bonds is 6. The van der Waals surface area contributed by atoms with Crippen molar-refractivity contribution in [3.8, 4) is 11.3 Å². The van der Waals surface area contributed by atoms with Crippen LogP contribution in [0.2, 0.25) is 5.02 Å². The van der Waals surface area contributed by atoms with Crippen LogP contribution in [0.1, 0.15) is 5.56 Å². The Morgan fingerprint density at radius 3 is 2.22 bits per heavy atom. The Morgan fingerprint density at radius 2 is 1.62 bits per heavy atom. The van der Waals surface area contributed by atoms with Gasteiger partial charge < -0.3 is 0 Å². The van der Waals surface area contributed by atoms with E-state index in [4.69, 9.17) is 11.6 Å². The van der Waals surface area contributed by atoms with E-state index < -0.39 is 44.7 Å². The molecule has 0 bridgehead atoms. The van der Waals surface area contributed by atoms with Crippen molar-refractivity contribution in [2.45, 2.75) is 17.6 Å². The van der Waals surface area contributed by atoms with Crippen LogP contribution in [0.5, 0.6) is 0 Å². The topological polar surface area (TPSA) is 110 Å². The zero-order valence-electron chi connectivity index (χ0n) is 15.9. The second kappa shape index (κ2) is 9.10. The Balaban J connectivity index is 1.68. The monoisotopic (exact) mass is 486 g/mol. The number of carbonyl (C=O) groups excluding carboxylic acids is 1. The van der Waals surface area contributed by atoms with Crippen LogP contribution >= 0.6 is 11.6 Å². The molecule has 0 fully saturated rings. The Labute approximate surface area is 184 Å². The number of sulfonamides is 1. The first-order chi connectivity index (χ1) is 15.0. The van der Waals surface area contributed by atoms with Gasteiger partial charge in [0.25, 0.3) is 21.5 Å². The third-order valence-electron chi connectivity index (χ3n) is 4.12. The van der Waals surface area contributed by atoms with Gasteiger partial charge in [-0.15, -0.1) is 4.83 Å². The Morgan fingerprint density at radius 1 is 1.00 bits per heavy atom. The Hall–Kier alpha value is -3.22. The number of amides is 1. The summed E-state index contributed by atoms with van der Waals surface area (Å²) in [6.45, 7) is -0.615. The molecule has 1 aromatic heterocycles. The number of nitrogens with zero attached hydrogens (tertiary/aromatic N) is 2. The predicted octanol–water partition coefficient (Wildman–Crippen LogP) is 2.59. The van der Waals surface area contributed by atoms with Gasteiger partial charge in [-0.1, -0.05) is 23.7 Å². The molecule has 0 saturated heterocycles. The van der Waals surface area contributed by atoms with E-state index in [1.165, 1.54) is 12.1 Å². The van der Waals surface area contributed by atoms with E-state index in [0.29, 0.717) is 28.4 Å². The number of aromatic nitrogens is 2. The summed E-state index contributed by atoms with van der Waals surface area (Å²) in [6.07, 6.45) is -4.62. The number of halogens is 4. The molecular weight excluding hydrogens is 473 g/mol. The highest BCUT2D eigenvalue weighted by atomic mass is 35.5. The van der Waals surface area contributed by atoms with E-state index in [1.807, 2.05) is 5.43 Å². The lowest BCUT2D eigenvalue weighted by Crippen LogP contribution is -2.44. The number of hydrazine groups is 1. The molecule has 0 unspecified atom stereocenters. The number of hydrogen-bond donors (Lipinski definition) is 2. The van der Waals surface area contributed by atoms with Crippen LogP contribution in [0, 0.1) is 0 Å². The second-order valence-corrected chi connectivity index (χ2v) is 8.52. The van der Waals surface area contributed by atoms with Crippen molar-refractivity contribution in [2.24, 2.45) is 0 Å². The maximum Gasteiger partial charge on any atom is 0.416 e. The van der Waals surface area contributed by atoms with Crippen LogP contribution in [0.3, 0.4) is 0 Å². The lowest BCUT2D eigenvalue weighted by Gasteiger charge is -2.11. The van der Waals surface area contributed by atoms with Crippen molar-refractivity contribution in [2.75, 3.05) is 0 Å². The fraction of sp³-hybridized carbons (Fsp3) is 0.105. The molecule has 168 valence electrons. The zero-order valence-corrected chi connectivity index (χ0v) is 17.5. The summed E-state index contributed by atoms with van der Waals surface area (Å²) in [4.78, 5) is 25.4. The lowest BCUT2D eigenvalue weighted by atomic mass is 10.1. The first-order valence-electron chi connectivity index (χ1n) is 8.78. The van der Waals surface area contributed by atoms with E-state index in [9.17, 15) is 31.2 Å². The highest BCUT2D eigenvalue weighted by Crippen LogP contribution is 2.29. The molecule has 0 atom stereocenters. The van der Waals surface area contributed by atoms with E-state index in [2.05, 4.69) is 5.10 Å². The normalized spacial score (nSPS) is 11.9. The molecule has 0 aliphatic carbocycles. The molecule has 0 spiro atoms. The highest BCUT2D eigenvalue weighted by Gasteiger charge is 2.30. The van der Waals surface area contributed by atoms with Gasteiger partial charge in [-0.25, -0.2) is 13.1 Å². The number of carbonyl (C=O) groups is 1. The van der Waals surface area contributed by atoms with Crippen molar-refractivity contribution in [3.05, 3.63) is 81.6 Å². The smallest absolute Gasteiger partial charge is 0.276 e. The molecule has 1 heterocycles. The average Bonchev–Trinajstić information content (AvgIpc) is 2.74. The summed E-state index contributed by atoms with van der Waals surface area (Å²) in [5, 5.41) is 4.57. The summed E-state index contributed by atoms with van der Waals surface area (Å²) in [5.41, 5.74) is 1.27. The highest BCUT2D eigenvalue weighted by molar-refractivity contribution is 7.89. The van der Waals surface area contributed by atoms with Crippen molar-refractivity contribution in [3.63, 3.8) is 0 Å². The van der Waals surface area contributed by atoms with E-state index in [0.717, 1.165) is 16.8 Å². The molecule has 13 heteroatoms. The van der Waals surface area contributed by atoms with Gasteiger partial charge in [-0.2, -0.15) is 18.3 Å². The number of nitrogens with one attached hydrogen (secondary N) is 2. The summed E-state index contributed by atoms with van der Waals surface area (Å²) < 4.78 is 63.0.